The number of thiol groups is 1. The van der Waals surface area contributed by atoms with E-state index in [1.165, 1.54) is 42.3 Å². The number of allylic oxidation sites excluding steroid dienone is 1. The lowest BCUT2D eigenvalue weighted by Crippen LogP contribution is -2.36. The first-order valence-electron chi connectivity index (χ1n) is 10.2. The molecule has 0 aromatic heterocycles. The summed E-state index contributed by atoms with van der Waals surface area (Å²) in [6.45, 7) is 2.02. The van der Waals surface area contributed by atoms with Crippen molar-refractivity contribution in [2.24, 2.45) is 5.92 Å². The Morgan fingerprint density at radius 2 is 2.13 bits per heavy atom. The molecule has 2 aliphatic heterocycles. The Morgan fingerprint density at radius 1 is 1.30 bits per heavy atom. The molecule has 1 unspecified atom stereocenters. The van der Waals surface area contributed by atoms with Crippen molar-refractivity contribution >= 4 is 52.2 Å². The van der Waals surface area contributed by atoms with Crippen LogP contribution < -0.4 is 4.90 Å². The molecule has 3 aliphatic rings. The highest BCUT2D eigenvalue weighted by atomic mass is 32.2. The molecule has 162 valence electrons. The zero-order valence-electron chi connectivity index (χ0n) is 16.7. The number of anilines is 1. The SMILES string of the molecule is O=C1C(=Cc2ccc(N3CCC4CCCC=C4C3)cc2S)SCN1CCS(=O)(=O)O. The Hall–Kier alpha value is -1.42. The quantitative estimate of drug-likeness (QED) is 0.298. The van der Waals surface area contributed by atoms with E-state index in [9.17, 15) is 13.2 Å². The average molecular weight is 467 g/mol. The van der Waals surface area contributed by atoms with E-state index in [4.69, 9.17) is 4.55 Å². The molecule has 1 N–H and O–H groups in total. The van der Waals surface area contributed by atoms with Crippen LogP contribution in [0, 0.1) is 5.92 Å². The van der Waals surface area contributed by atoms with Gasteiger partial charge in [0.15, 0.2) is 0 Å². The van der Waals surface area contributed by atoms with E-state index in [0.717, 1.165) is 35.2 Å². The first-order chi connectivity index (χ1) is 14.3. The normalized spacial score (nSPS) is 23.7. The number of piperidine rings is 1. The van der Waals surface area contributed by atoms with Crippen LogP contribution in [0.5, 0.6) is 0 Å². The van der Waals surface area contributed by atoms with Crippen molar-refractivity contribution in [3.63, 3.8) is 0 Å². The number of amides is 1. The van der Waals surface area contributed by atoms with Crippen LogP contribution in [0.4, 0.5) is 5.69 Å². The van der Waals surface area contributed by atoms with Crippen LogP contribution in [0.2, 0.25) is 0 Å². The van der Waals surface area contributed by atoms with Crippen LogP contribution in [0.25, 0.3) is 6.08 Å². The van der Waals surface area contributed by atoms with Crippen molar-refractivity contribution in [1.82, 2.24) is 4.90 Å². The molecule has 2 heterocycles. The van der Waals surface area contributed by atoms with Crippen molar-refractivity contribution in [3.05, 3.63) is 40.3 Å². The minimum atomic E-state index is -4.08. The minimum Gasteiger partial charge on any atom is -0.367 e. The molecule has 0 spiro atoms. The zero-order chi connectivity index (χ0) is 21.3. The van der Waals surface area contributed by atoms with Crippen molar-refractivity contribution in [2.75, 3.05) is 36.2 Å². The lowest BCUT2D eigenvalue weighted by atomic mass is 9.82. The highest BCUT2D eigenvalue weighted by molar-refractivity contribution is 8.04. The maximum atomic E-state index is 12.5. The van der Waals surface area contributed by atoms with Crippen LogP contribution in [0.1, 0.15) is 31.2 Å². The number of carbonyl (C=O) groups excluding carboxylic acids is 1. The largest absolute Gasteiger partial charge is 0.367 e. The predicted octanol–water partition coefficient (Wildman–Crippen LogP) is 3.67. The van der Waals surface area contributed by atoms with Crippen LogP contribution in [0.15, 0.2) is 39.6 Å². The summed E-state index contributed by atoms with van der Waals surface area (Å²) in [4.78, 5) is 17.7. The van der Waals surface area contributed by atoms with Crippen LogP contribution in [-0.2, 0) is 14.9 Å². The summed E-state index contributed by atoms with van der Waals surface area (Å²) in [5.41, 5.74) is 3.57. The van der Waals surface area contributed by atoms with E-state index in [2.05, 4.69) is 35.7 Å². The van der Waals surface area contributed by atoms with Gasteiger partial charge in [-0.3, -0.25) is 9.35 Å². The van der Waals surface area contributed by atoms with Crippen molar-refractivity contribution in [3.8, 4) is 0 Å². The van der Waals surface area contributed by atoms with E-state index >= 15 is 0 Å². The molecule has 4 rings (SSSR count). The molecule has 9 heteroatoms. The fraction of sp³-hybridized carbons (Fsp3) is 0.476. The summed E-state index contributed by atoms with van der Waals surface area (Å²) >= 11 is 6.02. The zero-order valence-corrected chi connectivity index (χ0v) is 19.2. The minimum absolute atomic E-state index is 0.0134. The second-order valence-corrected chi connectivity index (χ2v) is 11.0. The molecule has 1 aromatic rings. The number of carbonyl (C=O) groups is 1. The van der Waals surface area contributed by atoms with Gasteiger partial charge in [0.25, 0.3) is 16.0 Å². The van der Waals surface area contributed by atoms with Gasteiger partial charge in [-0.2, -0.15) is 8.42 Å². The van der Waals surface area contributed by atoms with E-state index in [-0.39, 0.29) is 12.5 Å². The highest BCUT2D eigenvalue weighted by Gasteiger charge is 2.28. The van der Waals surface area contributed by atoms with E-state index < -0.39 is 15.9 Å². The van der Waals surface area contributed by atoms with Crippen LogP contribution in [0.3, 0.4) is 0 Å². The van der Waals surface area contributed by atoms with Crippen molar-refractivity contribution in [2.45, 2.75) is 30.6 Å². The van der Waals surface area contributed by atoms with Gasteiger partial charge < -0.3 is 9.80 Å². The fourth-order valence-corrected chi connectivity index (χ4v) is 6.00. The third-order valence-electron chi connectivity index (χ3n) is 5.97. The number of nitrogens with zero attached hydrogens (tertiary/aromatic N) is 2. The van der Waals surface area contributed by atoms with Gasteiger partial charge in [-0.1, -0.05) is 29.5 Å². The molecule has 0 saturated carbocycles. The first kappa shape index (κ1) is 21.8. The predicted molar refractivity (Wildman–Crippen MR) is 125 cm³/mol. The first-order valence-corrected chi connectivity index (χ1v) is 13.2. The molecule has 1 amide bonds. The Labute approximate surface area is 187 Å². The Morgan fingerprint density at radius 3 is 2.90 bits per heavy atom. The maximum absolute atomic E-state index is 12.5. The number of hydrogen-bond donors (Lipinski definition) is 2. The van der Waals surface area contributed by atoms with Crippen molar-refractivity contribution in [1.29, 1.82) is 0 Å². The van der Waals surface area contributed by atoms with Gasteiger partial charge in [-0.25, -0.2) is 0 Å². The summed E-state index contributed by atoms with van der Waals surface area (Å²) in [6.07, 6.45) is 9.24. The maximum Gasteiger partial charge on any atom is 0.266 e. The van der Waals surface area contributed by atoms with E-state index in [1.807, 2.05) is 12.1 Å². The van der Waals surface area contributed by atoms with Gasteiger partial charge in [-0.15, -0.1) is 12.6 Å². The van der Waals surface area contributed by atoms with Gasteiger partial charge >= 0.3 is 0 Å². The number of rotatable bonds is 5. The lowest BCUT2D eigenvalue weighted by Gasteiger charge is -2.37. The molecule has 2 saturated heterocycles. The topological polar surface area (TPSA) is 77.9 Å². The summed E-state index contributed by atoms with van der Waals surface area (Å²) < 4.78 is 30.8. The molecule has 2 fully saturated rings. The standard InChI is InChI=1S/C21H26N2O4S3/c24-21-20(29-14-23(21)9-10-30(25,26)27)11-16-5-6-18(12-19(16)28)22-8-7-15-3-1-2-4-17(15)13-22/h4-6,11-12,15,28H,1-3,7-10,13-14H2,(H,25,26,27). The second kappa shape index (κ2) is 8.98. The molecule has 1 aromatic carbocycles. The molecule has 0 bridgehead atoms. The van der Waals surface area contributed by atoms with Crippen LogP contribution >= 0.6 is 24.4 Å². The summed E-state index contributed by atoms with van der Waals surface area (Å²) in [6, 6.07) is 6.12. The van der Waals surface area contributed by atoms with E-state index in [1.54, 1.807) is 5.57 Å². The van der Waals surface area contributed by atoms with Gasteiger partial charge in [0.05, 0.1) is 16.5 Å². The molecule has 6 nitrogen and oxygen atoms in total. The molecule has 1 aliphatic carbocycles. The van der Waals surface area contributed by atoms with Gasteiger partial charge in [-0.05, 0) is 55.4 Å². The summed E-state index contributed by atoms with van der Waals surface area (Å²) in [5.74, 6) is 0.464. The Kier molecular flexibility index (Phi) is 6.53. The van der Waals surface area contributed by atoms with E-state index in [0.29, 0.717) is 10.8 Å². The smallest absolute Gasteiger partial charge is 0.266 e. The molecular weight excluding hydrogens is 440 g/mol. The third kappa shape index (κ3) is 5.07. The number of hydrogen-bond acceptors (Lipinski definition) is 6. The lowest BCUT2D eigenvalue weighted by molar-refractivity contribution is -0.124. The van der Waals surface area contributed by atoms with Crippen LogP contribution in [-0.4, -0.2) is 55.0 Å². The van der Waals surface area contributed by atoms with Gasteiger partial charge in [0, 0.05) is 30.2 Å². The number of thioether (sulfide) groups is 1. The summed E-state index contributed by atoms with van der Waals surface area (Å²) in [5, 5.41) is 0. The molecule has 1 atom stereocenters. The van der Waals surface area contributed by atoms with Crippen molar-refractivity contribution < 1.29 is 17.8 Å². The number of fused-ring (bicyclic) bond motifs is 1. The summed E-state index contributed by atoms with van der Waals surface area (Å²) in [7, 11) is -4.08. The highest BCUT2D eigenvalue weighted by Crippen LogP contribution is 2.36. The van der Waals surface area contributed by atoms with Gasteiger partial charge in [0.1, 0.15) is 0 Å². The number of benzene rings is 1. The fourth-order valence-electron chi connectivity index (χ4n) is 4.27. The molecule has 30 heavy (non-hydrogen) atoms. The third-order valence-corrected chi connectivity index (χ3v) is 8.10. The Bertz CT molecular complexity index is 1000. The second-order valence-electron chi connectivity index (χ2n) is 8.00. The van der Waals surface area contributed by atoms with Gasteiger partial charge in [0.2, 0.25) is 0 Å². The molecule has 0 radical (unpaired) electrons. The molecular formula is C21H26N2O4S3. The monoisotopic (exact) mass is 466 g/mol. The Balaban J connectivity index is 1.45. The average Bonchev–Trinajstić information content (AvgIpc) is 3.06.